The number of ether oxygens (including phenoxy) is 2. The Kier molecular flexibility index (Phi) is 3.78. The summed E-state index contributed by atoms with van der Waals surface area (Å²) in [4.78, 5) is 8.69. The van der Waals surface area contributed by atoms with Crippen LogP contribution in [0.2, 0.25) is 0 Å². The molecular weight excluding hydrogens is 254 g/mol. The molecule has 5 heteroatoms. The van der Waals surface area contributed by atoms with Crippen molar-refractivity contribution in [3.05, 3.63) is 42.5 Å². The summed E-state index contributed by atoms with van der Waals surface area (Å²) in [5, 5.41) is 3.24. The van der Waals surface area contributed by atoms with Gasteiger partial charge >= 0.3 is 0 Å². The Bertz CT molecular complexity index is 568. The van der Waals surface area contributed by atoms with Gasteiger partial charge in [-0.1, -0.05) is 12.1 Å². The molecule has 0 atom stereocenters. The summed E-state index contributed by atoms with van der Waals surface area (Å²) < 4.78 is 11.0. The first kappa shape index (κ1) is 12.9. The quantitative estimate of drug-likeness (QED) is 0.902. The minimum atomic E-state index is 0.616. The van der Waals surface area contributed by atoms with Crippen molar-refractivity contribution in [2.45, 2.75) is 6.42 Å². The molecule has 1 aromatic carbocycles. The van der Waals surface area contributed by atoms with Crippen LogP contribution in [0.5, 0.6) is 17.2 Å². The number of hydrogen-bond acceptors (Lipinski definition) is 5. The zero-order chi connectivity index (χ0) is 13.8. The van der Waals surface area contributed by atoms with Crippen molar-refractivity contribution < 1.29 is 9.47 Å². The molecule has 1 fully saturated rings. The molecule has 1 aliphatic heterocycles. The van der Waals surface area contributed by atoms with Gasteiger partial charge in [0.05, 0.1) is 19.5 Å². The molecule has 3 rings (SSSR count). The Hall–Kier alpha value is -2.14. The number of methoxy groups -OCH3 is 1. The molecule has 1 N–H and O–H groups in total. The number of rotatable bonds is 5. The second-order valence-electron chi connectivity index (χ2n) is 4.82. The van der Waals surface area contributed by atoms with E-state index in [1.54, 1.807) is 19.5 Å². The predicted octanol–water partition coefficient (Wildman–Crippen LogP) is 2.04. The van der Waals surface area contributed by atoms with Crippen LogP contribution in [0.15, 0.2) is 36.7 Å². The molecule has 20 heavy (non-hydrogen) atoms. The fourth-order valence-corrected chi connectivity index (χ4v) is 2.08. The molecule has 2 aromatic rings. The summed E-state index contributed by atoms with van der Waals surface area (Å²) in [5.74, 6) is 3.50. The smallest absolute Gasteiger partial charge is 0.169 e. The van der Waals surface area contributed by atoms with E-state index in [9.17, 15) is 0 Å². The molecule has 2 heterocycles. The minimum Gasteiger partial charge on any atom is -0.493 e. The maximum atomic E-state index is 5.74. The number of hydrogen-bond donors (Lipinski definition) is 1. The van der Waals surface area contributed by atoms with Crippen LogP contribution in [0.4, 0.5) is 0 Å². The molecule has 0 unspecified atom stereocenters. The standard InChI is InChI=1S/C15H17N3O2/c1-19-13-4-2-3-5-14(13)20-12-9-17-15(18-10-12)6-11-7-16-8-11/h2-5,9-11,16H,6-8H2,1H3. The summed E-state index contributed by atoms with van der Waals surface area (Å²) in [6.07, 6.45) is 4.34. The largest absolute Gasteiger partial charge is 0.493 e. The van der Waals surface area contributed by atoms with Gasteiger partial charge in [-0.15, -0.1) is 0 Å². The first-order valence-electron chi connectivity index (χ1n) is 6.67. The van der Waals surface area contributed by atoms with E-state index in [0.717, 1.165) is 25.3 Å². The Morgan fingerprint density at radius 3 is 2.45 bits per heavy atom. The van der Waals surface area contributed by atoms with Crippen molar-refractivity contribution in [3.63, 3.8) is 0 Å². The van der Waals surface area contributed by atoms with Gasteiger partial charge in [-0.3, -0.25) is 0 Å². The topological polar surface area (TPSA) is 56.3 Å². The van der Waals surface area contributed by atoms with Crippen LogP contribution in [0.3, 0.4) is 0 Å². The molecule has 0 saturated carbocycles. The fraction of sp³-hybridized carbons (Fsp3) is 0.333. The van der Waals surface area contributed by atoms with Gasteiger partial charge in [0.15, 0.2) is 17.2 Å². The van der Waals surface area contributed by atoms with Crippen LogP contribution in [-0.4, -0.2) is 30.2 Å². The highest BCUT2D eigenvalue weighted by molar-refractivity contribution is 5.41. The van der Waals surface area contributed by atoms with E-state index in [1.165, 1.54) is 0 Å². The molecule has 0 bridgehead atoms. The summed E-state index contributed by atoms with van der Waals surface area (Å²) in [5.41, 5.74) is 0. The van der Waals surface area contributed by atoms with Crippen molar-refractivity contribution in [3.8, 4) is 17.2 Å². The first-order chi connectivity index (χ1) is 9.85. The summed E-state index contributed by atoms with van der Waals surface area (Å²) in [6.45, 7) is 2.12. The highest BCUT2D eigenvalue weighted by Gasteiger charge is 2.18. The van der Waals surface area contributed by atoms with Crippen LogP contribution in [-0.2, 0) is 6.42 Å². The first-order valence-corrected chi connectivity index (χ1v) is 6.67. The summed E-state index contributed by atoms with van der Waals surface area (Å²) in [6, 6.07) is 7.51. The molecule has 1 aliphatic rings. The molecule has 0 aliphatic carbocycles. The molecule has 104 valence electrons. The normalized spacial score (nSPS) is 14.7. The molecular formula is C15H17N3O2. The van der Waals surface area contributed by atoms with E-state index < -0.39 is 0 Å². The SMILES string of the molecule is COc1ccccc1Oc1cnc(CC2CNC2)nc1. The average molecular weight is 271 g/mol. The third kappa shape index (κ3) is 2.88. The van der Waals surface area contributed by atoms with Gasteiger partial charge in [-0.05, 0) is 31.1 Å². The third-order valence-corrected chi connectivity index (χ3v) is 3.32. The van der Waals surface area contributed by atoms with Crippen molar-refractivity contribution in [1.82, 2.24) is 15.3 Å². The van der Waals surface area contributed by atoms with Crippen molar-refractivity contribution in [2.24, 2.45) is 5.92 Å². The van der Waals surface area contributed by atoms with Crippen molar-refractivity contribution >= 4 is 0 Å². The molecule has 0 radical (unpaired) electrons. The number of para-hydroxylation sites is 2. The Balaban J connectivity index is 1.68. The number of aromatic nitrogens is 2. The van der Waals surface area contributed by atoms with Crippen LogP contribution in [0, 0.1) is 5.92 Å². The Morgan fingerprint density at radius 2 is 1.85 bits per heavy atom. The van der Waals surface area contributed by atoms with E-state index in [4.69, 9.17) is 9.47 Å². The summed E-state index contributed by atoms with van der Waals surface area (Å²) >= 11 is 0. The zero-order valence-electron chi connectivity index (χ0n) is 11.4. The number of nitrogens with one attached hydrogen (secondary N) is 1. The van der Waals surface area contributed by atoms with E-state index in [1.807, 2.05) is 24.3 Å². The van der Waals surface area contributed by atoms with Gasteiger partial charge in [-0.25, -0.2) is 9.97 Å². The molecule has 5 nitrogen and oxygen atoms in total. The minimum absolute atomic E-state index is 0.616. The maximum absolute atomic E-state index is 5.74. The second kappa shape index (κ2) is 5.88. The van der Waals surface area contributed by atoms with Gasteiger partial charge in [0, 0.05) is 6.42 Å². The van der Waals surface area contributed by atoms with Crippen LogP contribution < -0.4 is 14.8 Å². The lowest BCUT2D eigenvalue weighted by atomic mass is 9.99. The average Bonchev–Trinajstić information content (AvgIpc) is 2.45. The van der Waals surface area contributed by atoms with E-state index in [0.29, 0.717) is 23.2 Å². The van der Waals surface area contributed by atoms with Crippen LogP contribution in [0.25, 0.3) is 0 Å². The maximum Gasteiger partial charge on any atom is 0.169 e. The Morgan fingerprint density at radius 1 is 1.15 bits per heavy atom. The van der Waals surface area contributed by atoms with Crippen LogP contribution in [0.1, 0.15) is 5.82 Å². The monoisotopic (exact) mass is 271 g/mol. The second-order valence-corrected chi connectivity index (χ2v) is 4.82. The molecule has 1 aromatic heterocycles. The van der Waals surface area contributed by atoms with Crippen molar-refractivity contribution in [1.29, 1.82) is 0 Å². The lowest BCUT2D eigenvalue weighted by molar-refractivity contribution is 0.340. The highest BCUT2D eigenvalue weighted by Crippen LogP contribution is 2.30. The third-order valence-electron chi connectivity index (χ3n) is 3.32. The van der Waals surface area contributed by atoms with E-state index >= 15 is 0 Å². The van der Waals surface area contributed by atoms with Gasteiger partial charge in [-0.2, -0.15) is 0 Å². The van der Waals surface area contributed by atoms with Gasteiger partial charge in [0.1, 0.15) is 5.82 Å². The van der Waals surface area contributed by atoms with Gasteiger partial charge < -0.3 is 14.8 Å². The number of nitrogens with zero attached hydrogens (tertiary/aromatic N) is 2. The van der Waals surface area contributed by atoms with Crippen molar-refractivity contribution in [2.75, 3.05) is 20.2 Å². The molecule has 1 saturated heterocycles. The molecule has 0 amide bonds. The highest BCUT2D eigenvalue weighted by atomic mass is 16.5. The number of benzene rings is 1. The van der Waals surface area contributed by atoms with Crippen LogP contribution >= 0.6 is 0 Å². The van der Waals surface area contributed by atoms with E-state index in [-0.39, 0.29) is 0 Å². The Labute approximate surface area is 118 Å². The van der Waals surface area contributed by atoms with Gasteiger partial charge in [0.25, 0.3) is 0 Å². The molecule has 0 spiro atoms. The zero-order valence-corrected chi connectivity index (χ0v) is 11.4. The van der Waals surface area contributed by atoms with Gasteiger partial charge in [0.2, 0.25) is 0 Å². The predicted molar refractivity (Wildman–Crippen MR) is 75.2 cm³/mol. The lowest BCUT2D eigenvalue weighted by Gasteiger charge is -2.26. The fourth-order valence-electron chi connectivity index (χ4n) is 2.08. The van der Waals surface area contributed by atoms with E-state index in [2.05, 4.69) is 15.3 Å². The summed E-state index contributed by atoms with van der Waals surface area (Å²) in [7, 11) is 1.62. The lowest BCUT2D eigenvalue weighted by Crippen LogP contribution is -2.43.